The van der Waals surface area contributed by atoms with Crippen molar-refractivity contribution in [3.05, 3.63) is 51.8 Å². The van der Waals surface area contributed by atoms with Crippen LogP contribution >= 0.6 is 23.2 Å². The van der Waals surface area contributed by atoms with Crippen LogP contribution < -0.4 is 10.6 Å². The zero-order chi connectivity index (χ0) is 24.9. The first kappa shape index (κ1) is 26.7. The highest BCUT2D eigenvalue weighted by atomic mass is 35.5. The van der Waals surface area contributed by atoms with Gasteiger partial charge in [-0.05, 0) is 70.1 Å². The number of aromatic nitrogens is 1. The van der Waals surface area contributed by atoms with Gasteiger partial charge in [-0.2, -0.15) is 4.31 Å². The highest BCUT2D eigenvalue weighted by Gasteiger charge is 2.32. The molecule has 1 fully saturated rings. The number of aryl methyl sites for hydroxylation is 2. The van der Waals surface area contributed by atoms with Crippen molar-refractivity contribution in [2.24, 2.45) is 0 Å². The highest BCUT2D eigenvalue weighted by Crippen LogP contribution is 2.29. The van der Waals surface area contributed by atoms with Gasteiger partial charge in [-0.15, -0.1) is 0 Å². The molecule has 1 aromatic heterocycles. The molecule has 11 heteroatoms. The number of rotatable bonds is 8. The summed E-state index contributed by atoms with van der Waals surface area (Å²) in [7, 11) is -3.67. The number of sulfonamides is 1. The second kappa shape index (κ2) is 11.7. The van der Waals surface area contributed by atoms with Gasteiger partial charge in [-0.25, -0.2) is 13.2 Å². The molecule has 1 aliphatic heterocycles. The van der Waals surface area contributed by atoms with E-state index >= 15 is 0 Å². The fourth-order valence-corrected chi connectivity index (χ4v) is 6.32. The Kier molecular flexibility index (Phi) is 9.17. The summed E-state index contributed by atoms with van der Waals surface area (Å²) in [6, 6.07) is 7.70. The first-order valence-electron chi connectivity index (χ1n) is 11.3. The largest absolute Gasteiger partial charge is 0.337 e. The molecule has 2 N–H and O–H groups in total. The van der Waals surface area contributed by atoms with Crippen LogP contribution in [0.1, 0.15) is 31.2 Å². The lowest BCUT2D eigenvalue weighted by Gasteiger charge is -2.37. The summed E-state index contributed by atoms with van der Waals surface area (Å²) in [5, 5.41) is 6.25. The number of likely N-dealkylation sites (tertiary alicyclic amines) is 1. The molecule has 3 rings (SSSR count). The normalized spacial score (nSPS) is 15.5. The summed E-state index contributed by atoms with van der Waals surface area (Å²) in [6.45, 7) is 8.69. The van der Waals surface area contributed by atoms with E-state index in [0.29, 0.717) is 30.3 Å². The van der Waals surface area contributed by atoms with Crippen LogP contribution in [0.4, 0.5) is 10.5 Å². The number of amides is 2. The number of benzene rings is 1. The first-order chi connectivity index (χ1) is 16.1. The van der Waals surface area contributed by atoms with Crippen molar-refractivity contribution in [3.63, 3.8) is 0 Å². The number of hydrogen-bond donors (Lipinski definition) is 2. The molecule has 1 saturated heterocycles. The van der Waals surface area contributed by atoms with Crippen molar-refractivity contribution < 1.29 is 13.2 Å². The molecule has 1 aliphatic rings. The summed E-state index contributed by atoms with van der Waals surface area (Å²) in [6.07, 6.45) is 1.44. The van der Waals surface area contributed by atoms with E-state index in [0.717, 1.165) is 37.3 Å². The monoisotopic (exact) mass is 527 g/mol. The van der Waals surface area contributed by atoms with Crippen molar-refractivity contribution in [2.45, 2.75) is 44.6 Å². The second-order valence-corrected chi connectivity index (χ2v) is 11.1. The Balaban J connectivity index is 1.48. The minimum Gasteiger partial charge on any atom is -0.337 e. The maximum absolute atomic E-state index is 13.2. The molecule has 2 aromatic rings. The molecule has 0 atom stereocenters. The highest BCUT2D eigenvalue weighted by molar-refractivity contribution is 7.89. The number of piperidine rings is 1. The number of urea groups is 1. The maximum Gasteiger partial charge on any atom is 0.319 e. The molecule has 8 nitrogen and oxygen atoms in total. The smallest absolute Gasteiger partial charge is 0.319 e. The predicted octanol–water partition coefficient (Wildman–Crippen LogP) is 4.30. The van der Waals surface area contributed by atoms with Crippen molar-refractivity contribution >= 4 is 44.9 Å². The quantitative estimate of drug-likeness (QED) is 0.533. The van der Waals surface area contributed by atoms with Gasteiger partial charge in [-0.3, -0.25) is 4.98 Å². The van der Waals surface area contributed by atoms with Gasteiger partial charge in [0.15, 0.2) is 0 Å². The molecule has 34 heavy (non-hydrogen) atoms. The van der Waals surface area contributed by atoms with E-state index in [1.54, 1.807) is 4.31 Å². The van der Waals surface area contributed by atoms with Gasteiger partial charge in [0.2, 0.25) is 10.0 Å². The molecule has 2 heterocycles. The van der Waals surface area contributed by atoms with Gasteiger partial charge in [-0.1, -0.05) is 30.1 Å². The predicted molar refractivity (Wildman–Crippen MR) is 136 cm³/mol. The van der Waals surface area contributed by atoms with E-state index < -0.39 is 10.0 Å². The van der Waals surface area contributed by atoms with Crippen LogP contribution in [0.2, 0.25) is 10.0 Å². The number of pyridine rings is 1. The number of carbonyl (C=O) groups is 1. The average Bonchev–Trinajstić information content (AvgIpc) is 2.76. The molecule has 0 radical (unpaired) electrons. The number of carbonyl (C=O) groups excluding carboxylic acids is 1. The Bertz CT molecular complexity index is 1100. The fourth-order valence-electron chi connectivity index (χ4n) is 4.24. The number of anilines is 1. The molecule has 0 unspecified atom stereocenters. The standard InChI is InChI=1S/C23H31Cl2N5O3S/c1-4-30(34(32,33)20-5-6-21(24)22(25)15-20)19-7-10-29(11-8-19)12-9-26-23(31)28-18-13-16(2)27-17(3)14-18/h5-6,13-15,19H,4,7-12H2,1-3H3,(H2,26,27,28,31). The van der Waals surface area contributed by atoms with Crippen molar-refractivity contribution in [1.82, 2.24) is 19.5 Å². The van der Waals surface area contributed by atoms with Gasteiger partial charge in [0.05, 0.1) is 14.9 Å². The Hall–Kier alpha value is -1.91. The van der Waals surface area contributed by atoms with E-state index in [1.165, 1.54) is 18.2 Å². The lowest BCUT2D eigenvalue weighted by Crippen LogP contribution is -2.48. The molecule has 2 amide bonds. The molecule has 0 aliphatic carbocycles. The van der Waals surface area contributed by atoms with Crippen LogP contribution in [0.5, 0.6) is 0 Å². The van der Waals surface area contributed by atoms with E-state index in [4.69, 9.17) is 23.2 Å². The van der Waals surface area contributed by atoms with E-state index in [9.17, 15) is 13.2 Å². The average molecular weight is 529 g/mol. The van der Waals surface area contributed by atoms with E-state index in [-0.39, 0.29) is 22.0 Å². The zero-order valence-corrected chi connectivity index (χ0v) is 22.0. The number of halogens is 2. The minimum atomic E-state index is -3.67. The number of hydrogen-bond acceptors (Lipinski definition) is 5. The summed E-state index contributed by atoms with van der Waals surface area (Å²) in [5.41, 5.74) is 2.41. The van der Waals surface area contributed by atoms with Crippen molar-refractivity contribution in [1.29, 1.82) is 0 Å². The number of nitrogens with zero attached hydrogens (tertiary/aromatic N) is 3. The summed E-state index contributed by atoms with van der Waals surface area (Å²) in [4.78, 5) is 18.9. The lowest BCUT2D eigenvalue weighted by atomic mass is 10.1. The maximum atomic E-state index is 13.2. The van der Waals surface area contributed by atoms with E-state index in [2.05, 4.69) is 20.5 Å². The molecule has 186 valence electrons. The molecular weight excluding hydrogens is 497 g/mol. The third kappa shape index (κ3) is 6.82. The second-order valence-electron chi connectivity index (χ2n) is 8.38. The van der Waals surface area contributed by atoms with Crippen LogP contribution in [-0.4, -0.2) is 67.4 Å². The van der Waals surface area contributed by atoms with Crippen molar-refractivity contribution in [2.75, 3.05) is 38.0 Å². The van der Waals surface area contributed by atoms with Crippen LogP contribution in [-0.2, 0) is 10.0 Å². The molecule has 0 spiro atoms. The van der Waals surface area contributed by atoms with Gasteiger partial charge < -0.3 is 15.5 Å². The summed E-state index contributed by atoms with van der Waals surface area (Å²) in [5.74, 6) is 0. The minimum absolute atomic E-state index is 0.0878. The van der Waals surface area contributed by atoms with Gasteiger partial charge >= 0.3 is 6.03 Å². The van der Waals surface area contributed by atoms with Gasteiger partial charge in [0, 0.05) is 42.8 Å². The van der Waals surface area contributed by atoms with Crippen LogP contribution in [0.3, 0.4) is 0 Å². The van der Waals surface area contributed by atoms with Crippen LogP contribution in [0.15, 0.2) is 35.2 Å². The molecule has 0 bridgehead atoms. The van der Waals surface area contributed by atoms with Crippen molar-refractivity contribution in [3.8, 4) is 0 Å². The van der Waals surface area contributed by atoms with Gasteiger partial charge in [0.25, 0.3) is 0 Å². The topological polar surface area (TPSA) is 94.6 Å². The zero-order valence-electron chi connectivity index (χ0n) is 19.6. The first-order valence-corrected chi connectivity index (χ1v) is 13.5. The van der Waals surface area contributed by atoms with Crippen LogP contribution in [0, 0.1) is 13.8 Å². The van der Waals surface area contributed by atoms with E-state index in [1.807, 2.05) is 32.9 Å². The Labute approximate surface area is 211 Å². The number of nitrogens with one attached hydrogen (secondary N) is 2. The molecular formula is C23H31Cl2N5O3S. The Morgan fingerprint density at radius 2 is 1.76 bits per heavy atom. The SMILES string of the molecule is CCN(C1CCN(CCNC(=O)Nc2cc(C)nc(C)c2)CC1)S(=O)(=O)c1ccc(Cl)c(Cl)c1. The Morgan fingerprint density at radius 1 is 1.12 bits per heavy atom. The summed E-state index contributed by atoms with van der Waals surface area (Å²) >= 11 is 12.0. The Morgan fingerprint density at radius 3 is 2.35 bits per heavy atom. The third-order valence-corrected chi connectivity index (χ3v) is 8.59. The lowest BCUT2D eigenvalue weighted by molar-refractivity contribution is 0.162. The van der Waals surface area contributed by atoms with Crippen LogP contribution in [0.25, 0.3) is 0 Å². The van der Waals surface area contributed by atoms with Gasteiger partial charge in [0.1, 0.15) is 0 Å². The summed E-state index contributed by atoms with van der Waals surface area (Å²) < 4.78 is 27.9. The molecule has 1 aromatic carbocycles. The molecule has 0 saturated carbocycles. The fraction of sp³-hybridized carbons (Fsp3) is 0.478. The third-order valence-electron chi connectivity index (χ3n) is 5.83.